The molecule has 0 saturated heterocycles. The summed E-state index contributed by atoms with van der Waals surface area (Å²) >= 11 is 0. The van der Waals surface area contributed by atoms with Crippen LogP contribution in [-0.2, 0) is 11.2 Å². The smallest absolute Gasteiger partial charge is 0.229 e. The van der Waals surface area contributed by atoms with Crippen molar-refractivity contribution in [3.63, 3.8) is 0 Å². The second-order valence-corrected chi connectivity index (χ2v) is 5.38. The van der Waals surface area contributed by atoms with E-state index in [1.54, 1.807) is 0 Å². The average Bonchev–Trinajstić information content (AvgIpc) is 2.56. The van der Waals surface area contributed by atoms with Crippen LogP contribution in [0.25, 0.3) is 0 Å². The SMILES string of the molecule is CC(C(=O)Nc1ccc(CCO)cc1)C(N)c1ccccc1.Cl. The minimum atomic E-state index is -0.338. The number of nitrogens with two attached hydrogens (primary N) is 1. The van der Waals surface area contributed by atoms with Crippen LogP contribution < -0.4 is 11.1 Å². The van der Waals surface area contributed by atoms with Gasteiger partial charge in [0.25, 0.3) is 0 Å². The number of aliphatic hydroxyl groups excluding tert-OH is 1. The van der Waals surface area contributed by atoms with Gasteiger partial charge < -0.3 is 16.2 Å². The maximum atomic E-state index is 12.3. The monoisotopic (exact) mass is 334 g/mol. The van der Waals surface area contributed by atoms with Gasteiger partial charge in [-0.3, -0.25) is 4.79 Å². The first-order valence-electron chi connectivity index (χ1n) is 7.43. The van der Waals surface area contributed by atoms with Crippen molar-refractivity contribution in [2.45, 2.75) is 19.4 Å². The van der Waals surface area contributed by atoms with Crippen LogP contribution in [0.2, 0.25) is 0 Å². The van der Waals surface area contributed by atoms with Crippen molar-refractivity contribution >= 4 is 24.0 Å². The molecule has 2 atom stereocenters. The molecule has 2 aromatic rings. The Morgan fingerprint density at radius 3 is 2.30 bits per heavy atom. The number of rotatable bonds is 6. The first-order chi connectivity index (χ1) is 10.6. The zero-order valence-corrected chi connectivity index (χ0v) is 13.9. The molecule has 0 aromatic heterocycles. The van der Waals surface area contributed by atoms with E-state index >= 15 is 0 Å². The lowest BCUT2D eigenvalue weighted by Crippen LogP contribution is -2.30. The van der Waals surface area contributed by atoms with Gasteiger partial charge in [-0.1, -0.05) is 49.4 Å². The molecule has 0 heterocycles. The third-order valence-electron chi connectivity index (χ3n) is 3.76. The van der Waals surface area contributed by atoms with E-state index in [1.807, 2.05) is 61.5 Å². The molecule has 23 heavy (non-hydrogen) atoms. The van der Waals surface area contributed by atoms with Crippen LogP contribution in [0.15, 0.2) is 54.6 Å². The van der Waals surface area contributed by atoms with Gasteiger partial charge in [0.2, 0.25) is 5.91 Å². The van der Waals surface area contributed by atoms with Gasteiger partial charge >= 0.3 is 0 Å². The summed E-state index contributed by atoms with van der Waals surface area (Å²) in [5, 5.41) is 11.8. The first-order valence-corrected chi connectivity index (χ1v) is 7.43. The van der Waals surface area contributed by atoms with Crippen LogP contribution in [0.4, 0.5) is 5.69 Å². The summed E-state index contributed by atoms with van der Waals surface area (Å²) in [6.45, 7) is 1.95. The molecule has 124 valence electrons. The Bertz CT molecular complexity index is 602. The standard InChI is InChI=1S/C18H22N2O2.ClH/c1-13(17(19)15-5-3-2-4-6-15)18(22)20-16-9-7-14(8-10-16)11-12-21;/h2-10,13,17,21H,11-12,19H2,1H3,(H,20,22);1H. The molecule has 2 rings (SSSR count). The summed E-state index contributed by atoms with van der Waals surface area (Å²) in [6, 6.07) is 16.7. The minimum Gasteiger partial charge on any atom is -0.396 e. The molecular weight excluding hydrogens is 312 g/mol. The number of carbonyl (C=O) groups excluding carboxylic acids is 1. The molecule has 2 aromatic carbocycles. The van der Waals surface area contributed by atoms with Crippen LogP contribution in [0.5, 0.6) is 0 Å². The van der Waals surface area contributed by atoms with E-state index in [4.69, 9.17) is 10.8 Å². The van der Waals surface area contributed by atoms with Gasteiger partial charge in [0.05, 0.1) is 5.92 Å². The first kappa shape index (κ1) is 19.2. The molecule has 4 nitrogen and oxygen atoms in total. The van der Waals surface area contributed by atoms with E-state index in [1.165, 1.54) is 0 Å². The molecule has 0 bridgehead atoms. The van der Waals surface area contributed by atoms with Crippen molar-refractivity contribution in [3.05, 3.63) is 65.7 Å². The van der Waals surface area contributed by atoms with E-state index in [2.05, 4.69) is 5.32 Å². The molecule has 0 aliphatic rings. The summed E-state index contributed by atoms with van der Waals surface area (Å²) in [5.74, 6) is -0.439. The van der Waals surface area contributed by atoms with Gasteiger partial charge in [-0.25, -0.2) is 0 Å². The molecule has 4 N–H and O–H groups in total. The normalized spacial score (nSPS) is 12.8. The fourth-order valence-corrected chi connectivity index (χ4v) is 2.27. The molecule has 5 heteroatoms. The summed E-state index contributed by atoms with van der Waals surface area (Å²) < 4.78 is 0. The van der Waals surface area contributed by atoms with Crippen molar-refractivity contribution in [2.24, 2.45) is 11.7 Å². The Morgan fingerprint density at radius 2 is 1.74 bits per heavy atom. The third kappa shape index (κ3) is 5.36. The van der Waals surface area contributed by atoms with Crippen LogP contribution in [0.1, 0.15) is 24.1 Å². The quantitative estimate of drug-likeness (QED) is 0.760. The topological polar surface area (TPSA) is 75.3 Å². The van der Waals surface area contributed by atoms with E-state index in [0.29, 0.717) is 6.42 Å². The van der Waals surface area contributed by atoms with Gasteiger partial charge in [0.15, 0.2) is 0 Å². The summed E-state index contributed by atoms with van der Waals surface area (Å²) in [5.41, 5.74) is 8.89. The maximum absolute atomic E-state index is 12.3. The van der Waals surface area contributed by atoms with Crippen molar-refractivity contribution in [3.8, 4) is 0 Å². The molecule has 0 aliphatic carbocycles. The van der Waals surface area contributed by atoms with E-state index < -0.39 is 0 Å². The number of carbonyl (C=O) groups is 1. The predicted molar refractivity (Wildman–Crippen MR) is 95.6 cm³/mol. The van der Waals surface area contributed by atoms with Gasteiger partial charge in [-0.05, 0) is 29.7 Å². The van der Waals surface area contributed by atoms with Crippen LogP contribution in [-0.4, -0.2) is 17.6 Å². The molecular formula is C18H23ClN2O2. The molecule has 0 saturated carbocycles. The molecule has 2 unspecified atom stereocenters. The number of halogens is 1. The molecule has 0 spiro atoms. The second kappa shape index (κ2) is 9.30. The Kier molecular flexibility index (Phi) is 7.75. The fraction of sp³-hybridized carbons (Fsp3) is 0.278. The Morgan fingerprint density at radius 1 is 1.13 bits per heavy atom. The highest BCUT2D eigenvalue weighted by molar-refractivity contribution is 5.92. The summed E-state index contributed by atoms with van der Waals surface area (Å²) in [4.78, 5) is 12.3. The summed E-state index contributed by atoms with van der Waals surface area (Å²) in [6.07, 6.45) is 0.615. The zero-order valence-electron chi connectivity index (χ0n) is 13.1. The molecule has 0 fully saturated rings. The lowest BCUT2D eigenvalue weighted by Gasteiger charge is -2.20. The number of benzene rings is 2. The number of anilines is 1. The highest BCUT2D eigenvalue weighted by atomic mass is 35.5. The van der Waals surface area contributed by atoms with Crippen molar-refractivity contribution in [2.75, 3.05) is 11.9 Å². The summed E-state index contributed by atoms with van der Waals surface area (Å²) in [7, 11) is 0. The highest BCUT2D eigenvalue weighted by Crippen LogP contribution is 2.21. The maximum Gasteiger partial charge on any atom is 0.229 e. The fourth-order valence-electron chi connectivity index (χ4n) is 2.27. The minimum absolute atomic E-state index is 0. The van der Waals surface area contributed by atoms with Crippen LogP contribution in [0.3, 0.4) is 0 Å². The Balaban J connectivity index is 0.00000264. The van der Waals surface area contributed by atoms with Gasteiger partial charge in [-0.2, -0.15) is 0 Å². The van der Waals surface area contributed by atoms with Gasteiger partial charge in [0, 0.05) is 18.3 Å². The van der Waals surface area contributed by atoms with Crippen LogP contribution in [0, 0.1) is 5.92 Å². The van der Waals surface area contributed by atoms with E-state index in [-0.39, 0.29) is 36.9 Å². The number of hydrogen-bond donors (Lipinski definition) is 3. The zero-order chi connectivity index (χ0) is 15.9. The third-order valence-corrected chi connectivity index (χ3v) is 3.76. The molecule has 1 amide bonds. The second-order valence-electron chi connectivity index (χ2n) is 5.38. The number of amides is 1. The predicted octanol–water partition coefficient (Wildman–Crippen LogP) is 2.92. The molecule has 0 aliphatic heterocycles. The van der Waals surface area contributed by atoms with E-state index in [0.717, 1.165) is 16.8 Å². The van der Waals surface area contributed by atoms with Gasteiger partial charge in [0.1, 0.15) is 0 Å². The van der Waals surface area contributed by atoms with E-state index in [9.17, 15) is 4.79 Å². The highest BCUT2D eigenvalue weighted by Gasteiger charge is 2.22. The van der Waals surface area contributed by atoms with Crippen LogP contribution >= 0.6 is 12.4 Å². The average molecular weight is 335 g/mol. The lowest BCUT2D eigenvalue weighted by molar-refractivity contribution is -0.120. The number of nitrogens with one attached hydrogen (secondary N) is 1. The van der Waals surface area contributed by atoms with Crippen molar-refractivity contribution in [1.29, 1.82) is 0 Å². The number of hydrogen-bond acceptors (Lipinski definition) is 3. The lowest BCUT2D eigenvalue weighted by atomic mass is 9.94. The Hall–Kier alpha value is -1.88. The van der Waals surface area contributed by atoms with Gasteiger partial charge in [-0.15, -0.1) is 12.4 Å². The van der Waals surface area contributed by atoms with Crippen molar-refractivity contribution < 1.29 is 9.90 Å². The largest absolute Gasteiger partial charge is 0.396 e. The van der Waals surface area contributed by atoms with Crippen molar-refractivity contribution in [1.82, 2.24) is 0 Å². The Labute approximate surface area is 143 Å². The number of aliphatic hydroxyl groups is 1. The molecule has 0 radical (unpaired) electrons.